The third kappa shape index (κ3) is 6.77. The number of halogens is 1. The molecule has 0 aliphatic carbocycles. The summed E-state index contributed by atoms with van der Waals surface area (Å²) in [6, 6.07) is 16.0. The molecule has 1 atom stereocenters. The molecule has 0 spiro atoms. The maximum Gasteiger partial charge on any atom is 0.329 e. The Balaban J connectivity index is 1.25. The van der Waals surface area contributed by atoms with Crippen LogP contribution in [0.25, 0.3) is 5.57 Å². The van der Waals surface area contributed by atoms with Gasteiger partial charge in [-0.15, -0.1) is 0 Å². The van der Waals surface area contributed by atoms with E-state index in [0.717, 1.165) is 55.8 Å². The van der Waals surface area contributed by atoms with Crippen LogP contribution in [-0.4, -0.2) is 22.1 Å². The van der Waals surface area contributed by atoms with Gasteiger partial charge in [0.1, 0.15) is 5.82 Å². The van der Waals surface area contributed by atoms with Crippen molar-refractivity contribution in [2.75, 3.05) is 11.9 Å². The summed E-state index contributed by atoms with van der Waals surface area (Å²) >= 11 is 6.02. The van der Waals surface area contributed by atoms with Gasteiger partial charge >= 0.3 is 5.69 Å². The fourth-order valence-electron chi connectivity index (χ4n) is 4.80. The fourth-order valence-corrected chi connectivity index (χ4v) is 4.92. The molecule has 0 radical (unpaired) electrons. The number of H-pyrrole nitrogens is 1. The predicted molar refractivity (Wildman–Crippen MR) is 149 cm³/mol. The second-order valence-corrected chi connectivity index (χ2v) is 9.93. The van der Waals surface area contributed by atoms with E-state index in [9.17, 15) is 9.59 Å². The molecule has 0 saturated heterocycles. The molecule has 0 fully saturated rings. The number of aryl methyl sites for hydroxylation is 2. The van der Waals surface area contributed by atoms with Crippen molar-refractivity contribution < 1.29 is 0 Å². The van der Waals surface area contributed by atoms with Crippen LogP contribution >= 0.6 is 11.6 Å². The van der Waals surface area contributed by atoms with Crippen LogP contribution in [0.2, 0.25) is 5.02 Å². The van der Waals surface area contributed by atoms with Gasteiger partial charge in [0.2, 0.25) is 0 Å². The van der Waals surface area contributed by atoms with Gasteiger partial charge in [-0.3, -0.25) is 14.3 Å². The van der Waals surface area contributed by atoms with E-state index in [1.165, 1.54) is 32.9 Å². The highest BCUT2D eigenvalue weighted by Gasteiger charge is 2.16. The van der Waals surface area contributed by atoms with E-state index in [1.54, 1.807) is 0 Å². The Morgan fingerprint density at radius 3 is 2.61 bits per heavy atom. The molecule has 0 bridgehead atoms. The summed E-state index contributed by atoms with van der Waals surface area (Å²) in [5.41, 5.74) is 5.25. The lowest BCUT2D eigenvalue weighted by molar-refractivity contribution is 0.460. The first kappa shape index (κ1) is 26.0. The van der Waals surface area contributed by atoms with Crippen molar-refractivity contribution in [1.82, 2.24) is 14.9 Å². The van der Waals surface area contributed by atoms with Crippen LogP contribution in [0.15, 0.2) is 64.2 Å². The van der Waals surface area contributed by atoms with Crippen molar-refractivity contribution >= 4 is 28.7 Å². The van der Waals surface area contributed by atoms with Gasteiger partial charge in [0.05, 0.1) is 0 Å². The van der Waals surface area contributed by atoms with E-state index in [0.29, 0.717) is 18.4 Å². The summed E-state index contributed by atoms with van der Waals surface area (Å²) in [4.78, 5) is 28.0. The van der Waals surface area contributed by atoms with Crippen molar-refractivity contribution in [3.63, 3.8) is 0 Å². The number of aromatic amines is 1. The lowest BCUT2D eigenvalue weighted by atomic mass is 9.92. The maximum atomic E-state index is 12.6. The monoisotopic (exact) mass is 506 g/mol. The molecule has 6 nitrogen and oxygen atoms in total. The predicted octanol–water partition coefficient (Wildman–Crippen LogP) is 5.81. The van der Waals surface area contributed by atoms with Crippen LogP contribution in [0.4, 0.5) is 11.5 Å². The van der Waals surface area contributed by atoms with Gasteiger partial charge in [0, 0.05) is 35.9 Å². The number of aromatic nitrogens is 2. The van der Waals surface area contributed by atoms with Crippen LogP contribution in [0.5, 0.6) is 0 Å². The average Bonchev–Trinajstić information content (AvgIpc) is 2.87. The Bertz CT molecular complexity index is 1290. The van der Waals surface area contributed by atoms with Crippen molar-refractivity contribution in [2.24, 2.45) is 0 Å². The molecule has 1 aliphatic rings. The summed E-state index contributed by atoms with van der Waals surface area (Å²) < 4.78 is 1.29. The Hall–Kier alpha value is -3.09. The minimum atomic E-state index is -0.375. The second kappa shape index (κ2) is 12.2. The zero-order valence-corrected chi connectivity index (χ0v) is 21.8. The van der Waals surface area contributed by atoms with Gasteiger partial charge in [0.25, 0.3) is 5.56 Å². The molecule has 36 heavy (non-hydrogen) atoms. The first-order valence-electron chi connectivity index (χ1n) is 12.8. The largest absolute Gasteiger partial charge is 0.342 e. The number of hydrogen-bond donors (Lipinski definition) is 3. The van der Waals surface area contributed by atoms with Gasteiger partial charge in [-0.25, -0.2) is 4.79 Å². The number of rotatable bonds is 10. The molecule has 1 aromatic heterocycles. The Morgan fingerprint density at radius 2 is 1.86 bits per heavy atom. The van der Waals surface area contributed by atoms with Gasteiger partial charge < -0.3 is 10.6 Å². The van der Waals surface area contributed by atoms with E-state index >= 15 is 0 Å². The number of nitrogens with one attached hydrogen (secondary N) is 3. The van der Waals surface area contributed by atoms with Crippen molar-refractivity contribution in [1.29, 1.82) is 0 Å². The lowest BCUT2D eigenvalue weighted by Gasteiger charge is -2.24. The Kier molecular flexibility index (Phi) is 8.83. The Morgan fingerprint density at radius 1 is 1.06 bits per heavy atom. The number of hydrogen-bond acceptors (Lipinski definition) is 4. The molecule has 2 aromatic carbocycles. The fraction of sp³-hybridized carbons (Fsp3) is 0.379. The average molecular weight is 507 g/mol. The molecule has 0 amide bonds. The first-order chi connectivity index (χ1) is 17.4. The van der Waals surface area contributed by atoms with Crippen LogP contribution in [0, 0.1) is 6.92 Å². The number of benzene rings is 2. The van der Waals surface area contributed by atoms with E-state index in [-0.39, 0.29) is 11.2 Å². The lowest BCUT2D eigenvalue weighted by Crippen LogP contribution is -2.35. The first-order valence-corrected chi connectivity index (χ1v) is 13.2. The van der Waals surface area contributed by atoms with Crippen LogP contribution in [0.3, 0.4) is 0 Å². The van der Waals surface area contributed by atoms with Crippen LogP contribution in [-0.2, 0) is 13.0 Å². The summed E-state index contributed by atoms with van der Waals surface area (Å²) in [5.74, 6) is 0.417. The van der Waals surface area contributed by atoms with E-state index in [1.807, 2.05) is 24.3 Å². The van der Waals surface area contributed by atoms with Gasteiger partial charge in [-0.2, -0.15) is 0 Å². The van der Waals surface area contributed by atoms with E-state index in [2.05, 4.69) is 53.7 Å². The van der Waals surface area contributed by atoms with E-state index in [4.69, 9.17) is 11.6 Å². The second-order valence-electron chi connectivity index (χ2n) is 9.49. The smallest absolute Gasteiger partial charge is 0.329 e. The highest BCUT2D eigenvalue weighted by molar-refractivity contribution is 6.30. The molecule has 7 heteroatoms. The highest BCUT2D eigenvalue weighted by atomic mass is 35.5. The topological polar surface area (TPSA) is 78.9 Å². The summed E-state index contributed by atoms with van der Waals surface area (Å²) in [6.07, 6.45) is 8.04. The van der Waals surface area contributed by atoms with Crippen molar-refractivity contribution in [2.45, 2.75) is 65.0 Å². The zero-order chi connectivity index (χ0) is 25.5. The number of unbranched alkanes of at least 4 members (excludes halogenated alkanes) is 2. The normalized spacial score (nSPS) is 15.5. The van der Waals surface area contributed by atoms with Gasteiger partial charge in [-0.05, 0) is 79.1 Å². The molecule has 0 saturated carbocycles. The van der Waals surface area contributed by atoms with Crippen LogP contribution in [0.1, 0.15) is 55.7 Å². The molecule has 2 heterocycles. The number of anilines is 2. The van der Waals surface area contributed by atoms with Crippen molar-refractivity contribution in [3.05, 3.63) is 97.2 Å². The quantitative estimate of drug-likeness (QED) is 0.303. The van der Waals surface area contributed by atoms with Gasteiger partial charge in [-0.1, -0.05) is 55.6 Å². The molecule has 3 N–H and O–H groups in total. The molecule has 1 unspecified atom stereocenters. The summed E-state index contributed by atoms with van der Waals surface area (Å²) in [6.45, 7) is 5.48. The third-order valence-electron chi connectivity index (χ3n) is 6.90. The summed E-state index contributed by atoms with van der Waals surface area (Å²) in [5, 5.41) is 7.49. The van der Waals surface area contributed by atoms with Gasteiger partial charge in [0.15, 0.2) is 0 Å². The van der Waals surface area contributed by atoms with Crippen LogP contribution < -0.4 is 21.9 Å². The molecule has 190 valence electrons. The Labute approximate surface area is 217 Å². The maximum absolute atomic E-state index is 12.6. The number of nitrogens with zero attached hydrogens (tertiary/aromatic N) is 1. The highest BCUT2D eigenvalue weighted by Crippen LogP contribution is 2.26. The summed E-state index contributed by atoms with van der Waals surface area (Å²) in [7, 11) is 0. The minimum absolute atomic E-state index is 0.282. The molecule has 1 aliphatic heterocycles. The standard InChI is InChI=1S/C29H35ClN4O2/c1-3-21-17-26(13-8-20(21)2)32-27-19-28(35)34(29(36)33-27)16-6-4-5-7-25-18-23(14-15-31-25)22-9-11-24(30)12-10-22/h8-14,17,19,25,31-32H,3-7,15-16,18H2,1-2H3,(H,33,36). The van der Waals surface area contributed by atoms with Crippen molar-refractivity contribution in [3.8, 4) is 0 Å². The SMILES string of the molecule is CCc1cc(Nc2cc(=O)n(CCCCCC3CC(c4ccc(Cl)cc4)=CCN3)c(=O)[nH]2)ccc1C. The molecular formula is C29H35ClN4O2. The molecular weight excluding hydrogens is 472 g/mol. The molecule has 4 rings (SSSR count). The van der Waals surface area contributed by atoms with E-state index < -0.39 is 0 Å². The minimum Gasteiger partial charge on any atom is -0.342 e. The third-order valence-corrected chi connectivity index (χ3v) is 7.15. The molecule has 3 aromatic rings. The zero-order valence-electron chi connectivity index (χ0n) is 21.1.